The summed E-state index contributed by atoms with van der Waals surface area (Å²) in [5, 5.41) is 4.64. The van der Waals surface area contributed by atoms with E-state index >= 15 is 0 Å². The molecule has 0 fully saturated rings. The minimum absolute atomic E-state index is 0.830. The van der Waals surface area contributed by atoms with Crippen LogP contribution in [0.1, 0.15) is 116 Å². The molecule has 200 valence electrons. The van der Waals surface area contributed by atoms with Crippen LogP contribution >= 0.6 is 11.6 Å². The van der Waals surface area contributed by atoms with Crippen molar-refractivity contribution in [3.63, 3.8) is 0 Å². The molecule has 0 aromatic heterocycles. The predicted molar refractivity (Wildman–Crippen MR) is 164 cm³/mol. The number of fused-ring (bicyclic) bond motifs is 1. The molecule has 1 aliphatic carbocycles. The van der Waals surface area contributed by atoms with Gasteiger partial charge in [-0.3, -0.25) is 0 Å². The Balaban J connectivity index is 0.000000386. The zero-order valence-electron chi connectivity index (χ0n) is 24.4. The number of hydrogen-bond donors (Lipinski definition) is 1. The minimum atomic E-state index is 0.830. The standard InChI is InChI=1S/C21H33N.C11H13Cl.C2H6/c1-6-9-15-20(18(5)11-7-2)22-21(12-8-3)19-14-10-13-17(4)16-19;1-8-2-3-9-4-5-11(12)7-10(9)6-8;1-2/h10,12-14,16,22H,6-9,11,15H2,1-5H3;4-5,7-8H,2-3,6H2,1H3;1-2H3/b20-18+,21-12+;;. The smallest absolute Gasteiger partial charge is 0.0414 e. The lowest BCUT2D eigenvalue weighted by molar-refractivity contribution is 0.501. The minimum Gasteiger partial charge on any atom is -0.359 e. The van der Waals surface area contributed by atoms with Crippen molar-refractivity contribution < 1.29 is 0 Å². The van der Waals surface area contributed by atoms with Gasteiger partial charge in [-0.25, -0.2) is 0 Å². The summed E-state index contributed by atoms with van der Waals surface area (Å²) >= 11 is 5.92. The molecule has 0 aliphatic heterocycles. The molecule has 1 nitrogen and oxygen atoms in total. The Morgan fingerprint density at radius 3 is 2.39 bits per heavy atom. The van der Waals surface area contributed by atoms with Crippen LogP contribution in [0.15, 0.2) is 59.8 Å². The third-order valence-electron chi connectivity index (χ3n) is 6.59. The SMILES string of the molecule is CC.CC/C=C(/N/C(CCCC)=C(\C)CCC)c1cccc(C)c1.CC1CCc2ccc(Cl)cc2C1. The summed E-state index contributed by atoms with van der Waals surface area (Å²) in [7, 11) is 0. The van der Waals surface area contributed by atoms with Gasteiger partial charge in [0, 0.05) is 16.4 Å². The average Bonchev–Trinajstić information content (AvgIpc) is 2.87. The summed E-state index contributed by atoms with van der Waals surface area (Å²) in [5.41, 5.74) is 9.74. The first-order chi connectivity index (χ1) is 17.4. The van der Waals surface area contributed by atoms with Crippen LogP contribution in [0.25, 0.3) is 5.70 Å². The molecule has 3 rings (SSSR count). The van der Waals surface area contributed by atoms with E-state index in [0.717, 1.165) is 23.8 Å². The van der Waals surface area contributed by atoms with Crippen molar-refractivity contribution >= 4 is 17.3 Å². The molecule has 0 saturated heterocycles. The van der Waals surface area contributed by atoms with E-state index in [-0.39, 0.29) is 0 Å². The lowest BCUT2D eigenvalue weighted by Crippen LogP contribution is -2.14. The molecule has 1 aliphatic rings. The van der Waals surface area contributed by atoms with E-state index in [1.54, 1.807) is 0 Å². The molecule has 2 heteroatoms. The van der Waals surface area contributed by atoms with E-state index in [0.29, 0.717) is 0 Å². The van der Waals surface area contributed by atoms with Gasteiger partial charge in [0.25, 0.3) is 0 Å². The van der Waals surface area contributed by atoms with Crippen molar-refractivity contribution in [3.05, 3.63) is 87.1 Å². The first kappa shape index (κ1) is 32.0. The van der Waals surface area contributed by atoms with E-state index in [9.17, 15) is 0 Å². The first-order valence-electron chi connectivity index (χ1n) is 14.4. The predicted octanol–water partition coefficient (Wildman–Crippen LogP) is 11.1. The second kappa shape index (κ2) is 18.3. The highest BCUT2D eigenvalue weighted by Gasteiger charge is 2.14. The van der Waals surface area contributed by atoms with Crippen LogP contribution in [0, 0.1) is 12.8 Å². The highest BCUT2D eigenvalue weighted by Crippen LogP contribution is 2.27. The van der Waals surface area contributed by atoms with Crippen LogP contribution in [0.3, 0.4) is 0 Å². The summed E-state index contributed by atoms with van der Waals surface area (Å²) in [5.74, 6) is 0.830. The average molecular weight is 510 g/mol. The van der Waals surface area contributed by atoms with Crippen LogP contribution in [-0.2, 0) is 12.8 Å². The summed E-state index contributed by atoms with van der Waals surface area (Å²) < 4.78 is 0. The zero-order valence-corrected chi connectivity index (χ0v) is 25.2. The van der Waals surface area contributed by atoms with Gasteiger partial charge in [-0.05, 0) is 99.6 Å². The molecular formula is C34H52ClN. The van der Waals surface area contributed by atoms with E-state index in [1.807, 2.05) is 19.9 Å². The van der Waals surface area contributed by atoms with Crippen molar-refractivity contribution in [1.29, 1.82) is 0 Å². The summed E-state index contributed by atoms with van der Waals surface area (Å²) in [4.78, 5) is 0. The maximum Gasteiger partial charge on any atom is 0.0414 e. The quantitative estimate of drug-likeness (QED) is 0.354. The van der Waals surface area contributed by atoms with Crippen LogP contribution < -0.4 is 5.32 Å². The Morgan fingerprint density at radius 1 is 1.00 bits per heavy atom. The second-order valence-electron chi connectivity index (χ2n) is 9.89. The Morgan fingerprint density at radius 2 is 1.75 bits per heavy atom. The fourth-order valence-electron chi connectivity index (χ4n) is 4.59. The van der Waals surface area contributed by atoms with Crippen molar-refractivity contribution in [2.24, 2.45) is 5.92 Å². The molecule has 1 unspecified atom stereocenters. The molecular weight excluding hydrogens is 458 g/mol. The fourth-order valence-corrected chi connectivity index (χ4v) is 4.78. The number of halogens is 1. The van der Waals surface area contributed by atoms with E-state index in [2.05, 4.69) is 89.3 Å². The Hall–Kier alpha value is -1.99. The zero-order chi connectivity index (χ0) is 26.9. The Bertz CT molecular complexity index is 953. The molecule has 0 radical (unpaired) electrons. The fraction of sp³-hybridized carbons (Fsp3) is 0.529. The summed E-state index contributed by atoms with van der Waals surface area (Å²) in [6.45, 7) is 17.5. The van der Waals surface area contributed by atoms with Crippen molar-refractivity contribution in [2.75, 3.05) is 0 Å². The van der Waals surface area contributed by atoms with E-state index < -0.39 is 0 Å². The van der Waals surface area contributed by atoms with Crippen molar-refractivity contribution in [1.82, 2.24) is 5.32 Å². The maximum absolute atomic E-state index is 5.92. The second-order valence-corrected chi connectivity index (χ2v) is 10.3. The molecule has 0 heterocycles. The van der Waals surface area contributed by atoms with Gasteiger partial charge >= 0.3 is 0 Å². The third kappa shape index (κ3) is 11.4. The number of allylic oxidation sites excluding steroid dienone is 3. The van der Waals surface area contributed by atoms with Gasteiger partial charge in [0.1, 0.15) is 0 Å². The highest BCUT2D eigenvalue weighted by atomic mass is 35.5. The van der Waals surface area contributed by atoms with Crippen LogP contribution in [-0.4, -0.2) is 0 Å². The lowest BCUT2D eigenvalue weighted by atomic mass is 9.85. The number of hydrogen-bond acceptors (Lipinski definition) is 1. The van der Waals surface area contributed by atoms with Gasteiger partial charge in [-0.1, -0.05) is 107 Å². The largest absolute Gasteiger partial charge is 0.359 e. The van der Waals surface area contributed by atoms with Gasteiger partial charge in [-0.15, -0.1) is 0 Å². The van der Waals surface area contributed by atoms with Crippen LogP contribution in [0.5, 0.6) is 0 Å². The first-order valence-corrected chi connectivity index (χ1v) is 14.8. The van der Waals surface area contributed by atoms with Gasteiger partial charge in [0.15, 0.2) is 0 Å². The molecule has 0 spiro atoms. The van der Waals surface area contributed by atoms with E-state index in [1.165, 1.54) is 84.2 Å². The number of aryl methyl sites for hydroxylation is 2. The summed E-state index contributed by atoms with van der Waals surface area (Å²) in [6.07, 6.45) is 13.1. The monoisotopic (exact) mass is 509 g/mol. The van der Waals surface area contributed by atoms with Crippen LogP contribution in [0.2, 0.25) is 5.02 Å². The molecule has 1 atom stereocenters. The van der Waals surface area contributed by atoms with Crippen LogP contribution in [0.4, 0.5) is 0 Å². The highest BCUT2D eigenvalue weighted by molar-refractivity contribution is 6.30. The Kier molecular flexibility index (Phi) is 16.3. The lowest BCUT2D eigenvalue weighted by Gasteiger charge is -2.21. The number of nitrogens with one attached hydrogen (secondary N) is 1. The van der Waals surface area contributed by atoms with Crippen molar-refractivity contribution in [2.45, 2.75) is 113 Å². The van der Waals surface area contributed by atoms with Gasteiger partial charge < -0.3 is 5.32 Å². The molecule has 2 aromatic carbocycles. The summed E-state index contributed by atoms with van der Waals surface area (Å²) in [6, 6.07) is 15.1. The number of benzene rings is 2. The molecule has 0 amide bonds. The van der Waals surface area contributed by atoms with Gasteiger partial charge in [0.05, 0.1) is 0 Å². The molecule has 36 heavy (non-hydrogen) atoms. The van der Waals surface area contributed by atoms with Gasteiger partial charge in [-0.2, -0.15) is 0 Å². The Labute approximate surface area is 228 Å². The third-order valence-corrected chi connectivity index (χ3v) is 6.82. The molecule has 2 aromatic rings. The molecule has 0 saturated carbocycles. The maximum atomic E-state index is 5.92. The van der Waals surface area contributed by atoms with Gasteiger partial charge in [0.2, 0.25) is 0 Å². The topological polar surface area (TPSA) is 12.0 Å². The molecule has 0 bridgehead atoms. The van der Waals surface area contributed by atoms with Crippen molar-refractivity contribution in [3.8, 4) is 0 Å². The number of unbranched alkanes of at least 4 members (excludes halogenated alkanes) is 1. The normalized spacial score (nSPS) is 15.5. The number of rotatable bonds is 9. The van der Waals surface area contributed by atoms with E-state index in [4.69, 9.17) is 11.6 Å². The molecule has 1 N–H and O–H groups in total.